The Labute approximate surface area is 117 Å². The Bertz CT molecular complexity index is 423. The monoisotopic (exact) mass is 261 g/mol. The van der Waals surface area contributed by atoms with Gasteiger partial charge in [0, 0.05) is 31.0 Å². The van der Waals surface area contributed by atoms with Gasteiger partial charge in [0.15, 0.2) is 0 Å². The summed E-state index contributed by atoms with van der Waals surface area (Å²) in [5.41, 5.74) is 2.04. The van der Waals surface area contributed by atoms with Crippen molar-refractivity contribution in [2.45, 2.75) is 41.0 Å². The largest absolute Gasteiger partial charge is 0.385 e. The summed E-state index contributed by atoms with van der Waals surface area (Å²) in [6, 6.07) is 4.14. The average molecular weight is 261 g/mol. The van der Waals surface area contributed by atoms with Crippen molar-refractivity contribution in [3.8, 4) is 0 Å². The van der Waals surface area contributed by atoms with Crippen LogP contribution >= 0.6 is 0 Å². The maximum Gasteiger partial charge on any atom is 0.127 e. The molecular formula is C16H27N3. The minimum atomic E-state index is 0.441. The Morgan fingerprint density at radius 1 is 1.16 bits per heavy atom. The normalized spacial score (nSPS) is 20.1. The van der Waals surface area contributed by atoms with E-state index in [1.807, 2.05) is 12.3 Å². The van der Waals surface area contributed by atoms with Gasteiger partial charge in [-0.1, -0.05) is 34.6 Å². The van der Waals surface area contributed by atoms with E-state index in [9.17, 15) is 0 Å². The molecule has 2 N–H and O–H groups in total. The predicted molar refractivity (Wildman–Crippen MR) is 82.6 cm³/mol. The van der Waals surface area contributed by atoms with Gasteiger partial charge in [-0.05, 0) is 29.2 Å². The van der Waals surface area contributed by atoms with Gasteiger partial charge in [0.2, 0.25) is 0 Å². The molecule has 3 heteroatoms. The fourth-order valence-electron chi connectivity index (χ4n) is 2.95. The molecular weight excluding hydrogens is 234 g/mol. The van der Waals surface area contributed by atoms with E-state index in [1.54, 1.807) is 0 Å². The number of nitrogens with one attached hydrogen (secondary N) is 2. The standard InChI is InChI=1S/C16H27N3/c1-6-8-17-14-10-12(7-9-18-14)19-11-13-15(2,3)16(13,4)5/h7,9-10,13H,6,8,11H2,1-5H3,(H2,17,18,19). The third kappa shape index (κ3) is 2.70. The SMILES string of the molecule is CCCNc1cc(NCC2C(C)(C)C2(C)C)ccn1. The van der Waals surface area contributed by atoms with Crippen molar-refractivity contribution in [3.05, 3.63) is 18.3 Å². The summed E-state index contributed by atoms with van der Waals surface area (Å²) in [5, 5.41) is 6.87. The summed E-state index contributed by atoms with van der Waals surface area (Å²) in [5.74, 6) is 1.70. The number of hydrogen-bond donors (Lipinski definition) is 2. The maximum atomic E-state index is 4.33. The maximum absolute atomic E-state index is 4.33. The number of pyridine rings is 1. The minimum Gasteiger partial charge on any atom is -0.385 e. The van der Waals surface area contributed by atoms with Gasteiger partial charge in [-0.3, -0.25) is 0 Å². The number of nitrogens with zero attached hydrogens (tertiary/aromatic N) is 1. The van der Waals surface area contributed by atoms with E-state index in [1.165, 1.54) is 0 Å². The first kappa shape index (κ1) is 14.2. The van der Waals surface area contributed by atoms with Crippen molar-refractivity contribution < 1.29 is 0 Å². The first-order valence-electron chi connectivity index (χ1n) is 7.33. The predicted octanol–water partition coefficient (Wildman–Crippen LogP) is 4.00. The molecule has 1 aliphatic rings. The second-order valence-corrected chi connectivity index (χ2v) is 6.73. The van der Waals surface area contributed by atoms with Gasteiger partial charge < -0.3 is 10.6 Å². The Morgan fingerprint density at radius 3 is 2.42 bits per heavy atom. The van der Waals surface area contributed by atoms with Crippen LogP contribution in [0.5, 0.6) is 0 Å². The molecule has 0 radical (unpaired) electrons. The van der Waals surface area contributed by atoms with E-state index in [0.29, 0.717) is 10.8 Å². The van der Waals surface area contributed by atoms with Gasteiger partial charge >= 0.3 is 0 Å². The van der Waals surface area contributed by atoms with Crippen molar-refractivity contribution in [2.24, 2.45) is 16.7 Å². The zero-order valence-electron chi connectivity index (χ0n) is 12.9. The molecule has 0 aromatic carbocycles. The van der Waals surface area contributed by atoms with Crippen LogP contribution in [0.3, 0.4) is 0 Å². The summed E-state index contributed by atoms with van der Waals surface area (Å²) in [7, 11) is 0. The van der Waals surface area contributed by atoms with Gasteiger partial charge in [-0.25, -0.2) is 4.98 Å². The molecule has 2 rings (SSSR count). The van der Waals surface area contributed by atoms with Gasteiger partial charge in [-0.2, -0.15) is 0 Å². The highest BCUT2D eigenvalue weighted by atomic mass is 15.0. The Balaban J connectivity index is 1.90. The highest BCUT2D eigenvalue weighted by molar-refractivity contribution is 5.52. The molecule has 0 atom stereocenters. The lowest BCUT2D eigenvalue weighted by molar-refractivity contribution is 0.457. The number of hydrogen-bond acceptors (Lipinski definition) is 3. The third-order valence-electron chi connectivity index (χ3n) is 5.15. The van der Waals surface area contributed by atoms with Crippen molar-refractivity contribution in [1.29, 1.82) is 0 Å². The Morgan fingerprint density at radius 2 is 1.84 bits per heavy atom. The topological polar surface area (TPSA) is 37.0 Å². The second-order valence-electron chi connectivity index (χ2n) is 6.73. The van der Waals surface area contributed by atoms with Crippen molar-refractivity contribution in [1.82, 2.24) is 4.98 Å². The molecule has 0 saturated heterocycles. The zero-order chi connectivity index (χ0) is 14.1. The van der Waals surface area contributed by atoms with E-state index in [-0.39, 0.29) is 0 Å². The van der Waals surface area contributed by atoms with Crippen LogP contribution in [0.4, 0.5) is 11.5 Å². The summed E-state index contributed by atoms with van der Waals surface area (Å²) in [4.78, 5) is 4.33. The van der Waals surface area contributed by atoms with Crippen molar-refractivity contribution in [3.63, 3.8) is 0 Å². The lowest BCUT2D eigenvalue weighted by Gasteiger charge is -2.10. The molecule has 1 aromatic rings. The molecule has 0 aliphatic heterocycles. The molecule has 1 aliphatic carbocycles. The van der Waals surface area contributed by atoms with Gasteiger partial charge in [-0.15, -0.1) is 0 Å². The fourth-order valence-corrected chi connectivity index (χ4v) is 2.95. The van der Waals surface area contributed by atoms with Crippen molar-refractivity contribution in [2.75, 3.05) is 23.7 Å². The Kier molecular flexibility index (Phi) is 3.75. The number of anilines is 2. The van der Waals surface area contributed by atoms with Crippen LogP contribution in [-0.2, 0) is 0 Å². The van der Waals surface area contributed by atoms with Crippen LogP contribution in [0, 0.1) is 16.7 Å². The molecule has 0 spiro atoms. The van der Waals surface area contributed by atoms with E-state index >= 15 is 0 Å². The van der Waals surface area contributed by atoms with Crippen LogP contribution in [0.1, 0.15) is 41.0 Å². The molecule has 1 aromatic heterocycles. The lowest BCUT2D eigenvalue weighted by atomic mass is 10.0. The van der Waals surface area contributed by atoms with Crippen LogP contribution in [-0.4, -0.2) is 18.1 Å². The first-order chi connectivity index (χ1) is 8.89. The second kappa shape index (κ2) is 5.03. The van der Waals surface area contributed by atoms with Gasteiger partial charge in [0.1, 0.15) is 5.82 Å². The molecule has 1 heterocycles. The smallest absolute Gasteiger partial charge is 0.127 e. The van der Waals surface area contributed by atoms with E-state index < -0.39 is 0 Å². The molecule has 106 valence electrons. The van der Waals surface area contributed by atoms with Crippen LogP contribution in [0.2, 0.25) is 0 Å². The molecule has 1 fully saturated rings. The summed E-state index contributed by atoms with van der Waals surface area (Å²) >= 11 is 0. The van der Waals surface area contributed by atoms with Gasteiger partial charge in [0.25, 0.3) is 0 Å². The molecule has 0 amide bonds. The zero-order valence-corrected chi connectivity index (χ0v) is 12.9. The third-order valence-corrected chi connectivity index (χ3v) is 5.15. The van der Waals surface area contributed by atoms with Crippen LogP contribution in [0.25, 0.3) is 0 Å². The minimum absolute atomic E-state index is 0.441. The van der Waals surface area contributed by atoms with E-state index in [2.05, 4.69) is 56.3 Å². The molecule has 0 unspecified atom stereocenters. The number of rotatable bonds is 6. The molecule has 1 saturated carbocycles. The van der Waals surface area contributed by atoms with Gasteiger partial charge in [0.05, 0.1) is 0 Å². The highest BCUT2D eigenvalue weighted by Gasteiger charge is 2.63. The average Bonchev–Trinajstić information content (AvgIpc) is 2.75. The Hall–Kier alpha value is -1.25. The van der Waals surface area contributed by atoms with Crippen molar-refractivity contribution >= 4 is 11.5 Å². The summed E-state index contributed by atoms with van der Waals surface area (Å²) in [6.07, 6.45) is 2.98. The fraction of sp³-hybridized carbons (Fsp3) is 0.688. The van der Waals surface area contributed by atoms with E-state index in [4.69, 9.17) is 0 Å². The summed E-state index contributed by atoms with van der Waals surface area (Å²) in [6.45, 7) is 13.6. The quantitative estimate of drug-likeness (QED) is 0.812. The number of aromatic nitrogens is 1. The highest BCUT2D eigenvalue weighted by Crippen LogP contribution is 2.68. The first-order valence-corrected chi connectivity index (χ1v) is 7.33. The van der Waals surface area contributed by atoms with Crippen LogP contribution < -0.4 is 10.6 Å². The molecule has 0 bridgehead atoms. The summed E-state index contributed by atoms with van der Waals surface area (Å²) < 4.78 is 0. The molecule has 19 heavy (non-hydrogen) atoms. The van der Waals surface area contributed by atoms with E-state index in [0.717, 1.165) is 36.9 Å². The van der Waals surface area contributed by atoms with Crippen LogP contribution in [0.15, 0.2) is 18.3 Å². The lowest BCUT2D eigenvalue weighted by Crippen LogP contribution is -2.09. The molecule has 3 nitrogen and oxygen atoms in total.